The lowest BCUT2D eigenvalue weighted by Gasteiger charge is -2.37. The summed E-state index contributed by atoms with van der Waals surface area (Å²) in [6.45, 7) is 6.56. The van der Waals surface area contributed by atoms with Crippen LogP contribution in [0.4, 0.5) is 0 Å². The fourth-order valence-corrected chi connectivity index (χ4v) is 8.77. The molecule has 3 rings (SSSR count). The average molecular weight is 441 g/mol. The number of nitrogens with zero attached hydrogens (tertiary/aromatic N) is 2. The predicted octanol–water partition coefficient (Wildman–Crippen LogP) is 6.63. The van der Waals surface area contributed by atoms with Gasteiger partial charge < -0.3 is 0 Å². The molecule has 0 aliphatic heterocycles. The number of rotatable bonds is 9. The van der Waals surface area contributed by atoms with Crippen molar-refractivity contribution < 1.29 is 8.42 Å². The number of sulfonamides is 1. The van der Waals surface area contributed by atoms with Crippen molar-refractivity contribution in [3.8, 4) is 0 Å². The smallest absolute Gasteiger partial charge is 0.224 e. The molecule has 1 aliphatic carbocycles. The molecule has 7 heteroatoms. The van der Waals surface area contributed by atoms with Crippen molar-refractivity contribution in [3.63, 3.8) is 0 Å². The van der Waals surface area contributed by atoms with E-state index < -0.39 is 10.0 Å². The molecule has 2 aromatic rings. The maximum atomic E-state index is 13.7. The highest BCUT2D eigenvalue weighted by molar-refractivity contribution is 8.09. The molecule has 0 bridgehead atoms. The molecule has 0 saturated heterocycles. The first-order chi connectivity index (χ1) is 13.3. The Hall–Kier alpha value is -0.630. The van der Waals surface area contributed by atoms with Crippen LogP contribution in [0.1, 0.15) is 78.6 Å². The summed E-state index contributed by atoms with van der Waals surface area (Å²) in [6.07, 6.45) is 9.83. The number of aromatic nitrogens is 1. The fourth-order valence-electron chi connectivity index (χ4n) is 3.74. The Labute approximate surface area is 178 Å². The molecule has 156 valence electrons. The first kappa shape index (κ1) is 22.1. The predicted molar refractivity (Wildman–Crippen MR) is 121 cm³/mol. The van der Waals surface area contributed by atoms with Gasteiger partial charge in [0.25, 0.3) is 10.0 Å². The van der Waals surface area contributed by atoms with Crippen molar-refractivity contribution in [1.82, 2.24) is 8.69 Å². The Morgan fingerprint density at radius 1 is 1.18 bits per heavy atom. The van der Waals surface area contributed by atoms with Gasteiger partial charge in [-0.15, -0.1) is 15.0 Å². The summed E-state index contributed by atoms with van der Waals surface area (Å²) in [5.41, 5.74) is 0.766. The lowest BCUT2D eigenvalue weighted by Crippen LogP contribution is -2.39. The highest BCUT2D eigenvalue weighted by Crippen LogP contribution is 2.42. The fraction of sp³-hybridized carbons (Fsp3) is 0.667. The summed E-state index contributed by atoms with van der Waals surface area (Å²) in [6, 6.07) is 7.74. The quantitative estimate of drug-likeness (QED) is 0.324. The summed E-state index contributed by atoms with van der Waals surface area (Å²) < 4.78 is 30.1. The van der Waals surface area contributed by atoms with Crippen LogP contribution < -0.4 is 0 Å². The van der Waals surface area contributed by atoms with Gasteiger partial charge in [0.15, 0.2) is 0 Å². The zero-order valence-corrected chi connectivity index (χ0v) is 19.6. The third kappa shape index (κ3) is 5.29. The zero-order valence-electron chi connectivity index (χ0n) is 17.2. The molecule has 0 amide bonds. The second-order valence-electron chi connectivity index (χ2n) is 8.31. The van der Waals surface area contributed by atoms with E-state index >= 15 is 0 Å². The number of para-hydroxylation sites is 1. The van der Waals surface area contributed by atoms with Crippen molar-refractivity contribution in [3.05, 3.63) is 24.3 Å². The van der Waals surface area contributed by atoms with Crippen molar-refractivity contribution in [2.75, 3.05) is 0 Å². The van der Waals surface area contributed by atoms with Crippen LogP contribution in [0.5, 0.6) is 0 Å². The molecule has 1 fully saturated rings. The maximum absolute atomic E-state index is 13.7. The van der Waals surface area contributed by atoms with Crippen molar-refractivity contribution >= 4 is 43.5 Å². The van der Waals surface area contributed by atoms with Gasteiger partial charge in [-0.1, -0.05) is 69.5 Å². The Morgan fingerprint density at radius 2 is 1.89 bits per heavy atom. The minimum atomic E-state index is -3.62. The molecule has 0 unspecified atom stereocenters. The van der Waals surface area contributed by atoms with Crippen LogP contribution in [-0.2, 0) is 10.0 Å². The van der Waals surface area contributed by atoms with Gasteiger partial charge in [0.05, 0.1) is 10.2 Å². The maximum Gasteiger partial charge on any atom is 0.279 e. The molecular formula is C21H32N2O2S3. The topological polar surface area (TPSA) is 50.3 Å². The van der Waals surface area contributed by atoms with Crippen LogP contribution in [-0.4, -0.2) is 27.9 Å². The minimum absolute atomic E-state index is 0.0706. The van der Waals surface area contributed by atoms with Crippen LogP contribution in [0, 0.1) is 0 Å². The lowest BCUT2D eigenvalue weighted by atomic mass is 9.96. The van der Waals surface area contributed by atoms with Crippen LogP contribution >= 0.6 is 23.3 Å². The SMILES string of the molecule is CCCCCC(C)(C)SN(C1CCCCC1)S(=O)(=O)c1nc2ccccc2s1. The molecule has 0 atom stereocenters. The summed E-state index contributed by atoms with van der Waals surface area (Å²) in [5, 5.41) is 0. The van der Waals surface area contributed by atoms with E-state index in [0.717, 1.165) is 48.7 Å². The van der Waals surface area contributed by atoms with E-state index in [4.69, 9.17) is 0 Å². The molecular weight excluding hydrogens is 408 g/mol. The molecule has 1 heterocycles. The number of thiazole rings is 1. The van der Waals surface area contributed by atoms with Crippen molar-refractivity contribution in [2.45, 2.75) is 93.7 Å². The number of unbranched alkanes of at least 4 members (excludes halogenated alkanes) is 2. The third-order valence-electron chi connectivity index (χ3n) is 5.32. The monoisotopic (exact) mass is 440 g/mol. The van der Waals surface area contributed by atoms with Gasteiger partial charge in [0, 0.05) is 10.8 Å². The van der Waals surface area contributed by atoms with Crippen molar-refractivity contribution in [2.24, 2.45) is 0 Å². The normalized spacial score (nSPS) is 16.9. The van der Waals surface area contributed by atoms with E-state index in [-0.39, 0.29) is 15.1 Å². The zero-order chi connectivity index (χ0) is 20.2. The molecule has 28 heavy (non-hydrogen) atoms. The summed E-state index contributed by atoms with van der Waals surface area (Å²) >= 11 is 2.82. The van der Waals surface area contributed by atoms with Crippen molar-refractivity contribution in [1.29, 1.82) is 0 Å². The van der Waals surface area contributed by atoms with E-state index in [9.17, 15) is 8.42 Å². The summed E-state index contributed by atoms with van der Waals surface area (Å²) in [5.74, 6) is 0. The van der Waals surface area contributed by atoms with E-state index in [2.05, 4.69) is 25.8 Å². The van der Waals surface area contributed by atoms with E-state index in [1.165, 1.54) is 42.5 Å². The van der Waals surface area contributed by atoms with Gasteiger partial charge in [-0.3, -0.25) is 0 Å². The van der Waals surface area contributed by atoms with Gasteiger partial charge in [0.1, 0.15) is 0 Å². The van der Waals surface area contributed by atoms with Crippen LogP contribution in [0.3, 0.4) is 0 Å². The van der Waals surface area contributed by atoms with Gasteiger partial charge in [0.2, 0.25) is 4.34 Å². The lowest BCUT2D eigenvalue weighted by molar-refractivity contribution is 0.342. The van der Waals surface area contributed by atoms with E-state index in [0.29, 0.717) is 0 Å². The molecule has 1 aromatic heterocycles. The summed E-state index contributed by atoms with van der Waals surface area (Å²) in [7, 11) is -3.62. The standard InChI is InChI=1S/C21H32N2O2S3/c1-4-5-11-16-21(2,3)27-23(17-12-7-6-8-13-17)28(24,25)20-22-18-14-9-10-15-19(18)26-20/h9-10,14-15,17H,4-8,11-13,16H2,1-3H3. The molecule has 0 radical (unpaired) electrons. The Bertz CT molecular complexity index is 838. The second-order valence-corrected chi connectivity index (χ2v) is 13.2. The second kappa shape index (κ2) is 9.45. The highest BCUT2D eigenvalue weighted by atomic mass is 32.3. The molecule has 0 N–H and O–H groups in total. The van der Waals surface area contributed by atoms with Crippen LogP contribution in [0.15, 0.2) is 28.6 Å². The highest BCUT2D eigenvalue weighted by Gasteiger charge is 2.39. The third-order valence-corrected chi connectivity index (χ3v) is 10.3. The Kier molecular flexibility index (Phi) is 7.45. The van der Waals surface area contributed by atoms with E-state index in [1.807, 2.05) is 24.3 Å². The molecule has 1 saturated carbocycles. The molecule has 1 aliphatic rings. The largest absolute Gasteiger partial charge is 0.279 e. The van der Waals surface area contributed by atoms with Gasteiger partial charge in [-0.25, -0.2) is 13.4 Å². The Morgan fingerprint density at radius 3 is 2.57 bits per heavy atom. The van der Waals surface area contributed by atoms with Gasteiger partial charge >= 0.3 is 0 Å². The van der Waals surface area contributed by atoms with E-state index in [1.54, 1.807) is 3.71 Å². The number of hydrogen-bond donors (Lipinski definition) is 0. The van der Waals surface area contributed by atoms with Crippen LogP contribution in [0.2, 0.25) is 0 Å². The van der Waals surface area contributed by atoms with Crippen LogP contribution in [0.25, 0.3) is 10.2 Å². The molecule has 1 aromatic carbocycles. The minimum Gasteiger partial charge on any atom is -0.224 e. The Balaban J connectivity index is 1.90. The van der Waals surface area contributed by atoms with Gasteiger partial charge in [-0.05, 0) is 45.2 Å². The average Bonchev–Trinajstić information content (AvgIpc) is 3.12. The number of hydrogen-bond acceptors (Lipinski definition) is 5. The molecule has 4 nitrogen and oxygen atoms in total. The van der Waals surface area contributed by atoms with Gasteiger partial charge in [-0.2, -0.15) is 0 Å². The number of benzene rings is 1. The summed E-state index contributed by atoms with van der Waals surface area (Å²) in [4.78, 5) is 4.48. The number of fused-ring (bicyclic) bond motifs is 1. The first-order valence-electron chi connectivity index (χ1n) is 10.4. The molecule has 0 spiro atoms. The first-order valence-corrected chi connectivity index (χ1v) is 13.5.